The maximum atomic E-state index is 9.94. The van der Waals surface area contributed by atoms with Crippen LogP contribution in [0, 0.1) is 66.7 Å². The number of fused-ring (bicyclic) bond motifs is 3. The molecule has 0 unspecified atom stereocenters. The number of aromatic nitrogens is 4. The van der Waals surface area contributed by atoms with Crippen LogP contribution in [-0.4, -0.2) is 19.5 Å². The molecule has 0 fully saturated rings. The lowest BCUT2D eigenvalue weighted by Crippen LogP contribution is -2.04. The van der Waals surface area contributed by atoms with Crippen LogP contribution in [0.25, 0.3) is 61.1 Å². The molecule has 0 amide bonds. The minimum Gasteiger partial charge on any atom is -0.308 e. The minimum absolute atomic E-state index is 0.554. The van der Waals surface area contributed by atoms with Crippen molar-refractivity contribution in [3.63, 3.8) is 0 Å². The largest absolute Gasteiger partial charge is 0.308 e. The van der Waals surface area contributed by atoms with E-state index in [1.54, 1.807) is 0 Å². The van der Waals surface area contributed by atoms with Crippen molar-refractivity contribution in [1.82, 2.24) is 19.5 Å². The highest BCUT2D eigenvalue weighted by molar-refractivity contribution is 6.11. The van der Waals surface area contributed by atoms with E-state index in [0.717, 1.165) is 33.1 Å². The molecule has 0 N–H and O–H groups in total. The van der Waals surface area contributed by atoms with Gasteiger partial charge in [-0.2, -0.15) is 5.26 Å². The van der Waals surface area contributed by atoms with E-state index in [0.29, 0.717) is 23.0 Å². The summed E-state index contributed by atoms with van der Waals surface area (Å²) in [5.41, 5.74) is 16.8. The Kier molecular flexibility index (Phi) is 7.25. The van der Waals surface area contributed by atoms with Crippen LogP contribution < -0.4 is 0 Å². The van der Waals surface area contributed by atoms with Gasteiger partial charge in [-0.05, 0) is 130 Å². The number of nitriles is 1. The normalized spacial score (nSPS) is 11.4. The summed E-state index contributed by atoms with van der Waals surface area (Å²) < 4.78 is 2.33. The van der Waals surface area contributed by atoms with Gasteiger partial charge in [0.15, 0.2) is 5.82 Å². The Bertz CT molecular complexity index is 2270. The zero-order valence-electron chi connectivity index (χ0n) is 28.2. The quantitative estimate of drug-likeness (QED) is 0.199. The van der Waals surface area contributed by atoms with Crippen molar-refractivity contribution in [3.8, 4) is 45.4 Å². The Morgan fingerprint density at radius 3 is 1.45 bits per heavy atom. The summed E-state index contributed by atoms with van der Waals surface area (Å²) in [4.78, 5) is 14.0. The predicted octanol–water partition coefficient (Wildman–Crippen LogP) is 10.3. The van der Waals surface area contributed by atoms with Crippen LogP contribution in [0.15, 0.2) is 78.9 Å². The van der Waals surface area contributed by atoms with Gasteiger partial charge < -0.3 is 4.57 Å². The van der Waals surface area contributed by atoms with E-state index in [4.69, 9.17) is 9.97 Å². The van der Waals surface area contributed by atoms with Crippen LogP contribution >= 0.6 is 0 Å². The van der Waals surface area contributed by atoms with E-state index in [1.807, 2.05) is 32.0 Å². The maximum Gasteiger partial charge on any atom is 0.165 e. The number of hydrogen-bond acceptors (Lipinski definition) is 4. The van der Waals surface area contributed by atoms with Gasteiger partial charge in [-0.3, -0.25) is 0 Å². The summed E-state index contributed by atoms with van der Waals surface area (Å²) in [5.74, 6) is 1.84. The lowest BCUT2D eigenvalue weighted by atomic mass is 9.92. The Labute approximate surface area is 276 Å². The van der Waals surface area contributed by atoms with Gasteiger partial charge >= 0.3 is 0 Å². The first kappa shape index (κ1) is 30.1. The molecule has 0 aliphatic carbocycles. The molecular weight excluding hydrogens is 574 g/mol. The lowest BCUT2D eigenvalue weighted by Gasteiger charge is -2.16. The molecule has 7 aromatic rings. The molecular formula is C42H37N5. The summed E-state index contributed by atoms with van der Waals surface area (Å²) in [6, 6.07) is 30.8. The molecule has 7 rings (SSSR count). The van der Waals surface area contributed by atoms with Gasteiger partial charge in [-0.25, -0.2) is 15.0 Å². The van der Waals surface area contributed by atoms with E-state index in [-0.39, 0.29) is 0 Å². The van der Waals surface area contributed by atoms with Crippen molar-refractivity contribution in [2.45, 2.75) is 55.4 Å². The number of aryl methyl sites for hydroxylation is 8. The fraction of sp³-hybridized carbons (Fsp3) is 0.190. The summed E-state index contributed by atoms with van der Waals surface area (Å²) in [5, 5.41) is 12.3. The number of nitrogens with zero attached hydrogens (tertiary/aromatic N) is 5. The summed E-state index contributed by atoms with van der Waals surface area (Å²) in [6.07, 6.45) is 0. The van der Waals surface area contributed by atoms with Gasteiger partial charge in [0.05, 0.1) is 28.4 Å². The Morgan fingerprint density at radius 1 is 0.532 bits per heavy atom. The fourth-order valence-electron chi connectivity index (χ4n) is 7.58. The highest BCUT2D eigenvalue weighted by Gasteiger charge is 2.21. The van der Waals surface area contributed by atoms with Crippen LogP contribution in [0.1, 0.15) is 50.6 Å². The van der Waals surface area contributed by atoms with Crippen molar-refractivity contribution < 1.29 is 0 Å². The molecule has 0 radical (unpaired) electrons. The summed E-state index contributed by atoms with van der Waals surface area (Å²) in [7, 11) is 0. The first-order chi connectivity index (χ1) is 22.5. The molecule has 2 aromatic heterocycles. The van der Waals surface area contributed by atoms with E-state index in [9.17, 15) is 5.26 Å². The molecule has 0 aliphatic rings. The predicted molar refractivity (Wildman–Crippen MR) is 193 cm³/mol. The monoisotopic (exact) mass is 611 g/mol. The van der Waals surface area contributed by atoms with Gasteiger partial charge in [0.25, 0.3) is 0 Å². The van der Waals surface area contributed by atoms with Gasteiger partial charge in [0.1, 0.15) is 11.6 Å². The van der Waals surface area contributed by atoms with Gasteiger partial charge in [-0.1, -0.05) is 59.7 Å². The first-order valence-corrected chi connectivity index (χ1v) is 16.0. The smallest absolute Gasteiger partial charge is 0.165 e. The van der Waals surface area contributed by atoms with Crippen molar-refractivity contribution in [3.05, 3.63) is 129 Å². The molecule has 5 aromatic carbocycles. The molecule has 0 saturated heterocycles. The second-order valence-electron chi connectivity index (χ2n) is 12.9. The summed E-state index contributed by atoms with van der Waals surface area (Å²) in [6.45, 7) is 16.8. The second-order valence-corrected chi connectivity index (χ2v) is 12.9. The van der Waals surface area contributed by atoms with Gasteiger partial charge in [0.2, 0.25) is 0 Å². The zero-order valence-corrected chi connectivity index (χ0v) is 28.2. The third-order valence-corrected chi connectivity index (χ3v) is 9.17. The zero-order chi connectivity index (χ0) is 33.1. The van der Waals surface area contributed by atoms with E-state index < -0.39 is 0 Å². The van der Waals surface area contributed by atoms with Crippen molar-refractivity contribution in [1.29, 1.82) is 5.26 Å². The van der Waals surface area contributed by atoms with Crippen molar-refractivity contribution in [2.24, 2.45) is 0 Å². The molecule has 2 heterocycles. The maximum absolute atomic E-state index is 9.94. The van der Waals surface area contributed by atoms with E-state index in [2.05, 4.69) is 118 Å². The third-order valence-electron chi connectivity index (χ3n) is 9.17. The van der Waals surface area contributed by atoms with Crippen molar-refractivity contribution in [2.75, 3.05) is 0 Å². The fourth-order valence-corrected chi connectivity index (χ4v) is 7.58. The summed E-state index contributed by atoms with van der Waals surface area (Å²) >= 11 is 0. The van der Waals surface area contributed by atoms with E-state index in [1.165, 1.54) is 55.6 Å². The van der Waals surface area contributed by atoms with Crippen LogP contribution in [0.5, 0.6) is 0 Å². The molecule has 0 saturated carbocycles. The second kappa shape index (κ2) is 11.3. The van der Waals surface area contributed by atoms with Gasteiger partial charge in [0, 0.05) is 16.3 Å². The first-order valence-electron chi connectivity index (χ1n) is 16.0. The highest BCUT2D eigenvalue weighted by Crippen LogP contribution is 2.41. The number of benzene rings is 5. The molecule has 0 bridgehead atoms. The number of rotatable bonds is 4. The van der Waals surface area contributed by atoms with Crippen LogP contribution in [0.3, 0.4) is 0 Å². The number of hydrogen-bond donors (Lipinski definition) is 0. The Hall–Kier alpha value is -5.60. The lowest BCUT2D eigenvalue weighted by molar-refractivity contribution is 0.926. The topological polar surface area (TPSA) is 67.4 Å². The molecule has 5 heteroatoms. The standard InChI is InChI=1S/C42H37N5/c1-23-15-25(3)40(26(4)16-23)32-10-12-34-35-13-11-33(41-27(5)17-24(2)18-28(41)6)21-39(35)47(38(34)20-32)37-14-9-31(22-43)19-36(37)42-45-29(7)44-30(8)46-42/h9-21H,1-8H3. The Balaban J connectivity index is 1.61. The molecule has 0 spiro atoms. The molecule has 230 valence electrons. The minimum atomic E-state index is 0.554. The SMILES string of the molecule is Cc1cc(C)c(-c2ccc3c4ccc(-c5c(C)cc(C)cc5C)cc4n(-c4ccc(C#N)cc4-c4nc(C)nc(C)n4)c3c2)c(C)c1. The van der Waals surface area contributed by atoms with E-state index >= 15 is 0 Å². The van der Waals surface area contributed by atoms with Gasteiger partial charge in [-0.15, -0.1) is 0 Å². The van der Waals surface area contributed by atoms with Crippen LogP contribution in [0.2, 0.25) is 0 Å². The molecule has 47 heavy (non-hydrogen) atoms. The average Bonchev–Trinajstić information content (AvgIpc) is 3.32. The molecule has 5 nitrogen and oxygen atoms in total. The van der Waals surface area contributed by atoms with Crippen LogP contribution in [0.4, 0.5) is 0 Å². The molecule has 0 atom stereocenters. The third kappa shape index (κ3) is 5.16. The average molecular weight is 612 g/mol. The van der Waals surface area contributed by atoms with Crippen LogP contribution in [-0.2, 0) is 0 Å². The Morgan fingerprint density at radius 2 is 1.00 bits per heavy atom. The van der Waals surface area contributed by atoms with Crippen molar-refractivity contribution >= 4 is 21.8 Å². The highest BCUT2D eigenvalue weighted by atomic mass is 15.0. The molecule has 0 aliphatic heterocycles.